The van der Waals surface area contributed by atoms with Crippen LogP contribution in [0.2, 0.25) is 0 Å². The molecule has 2 aromatic rings. The molecule has 0 spiro atoms. The highest BCUT2D eigenvalue weighted by atomic mass is 16.5. The molecular formula is C13H17N5O2. The fourth-order valence-electron chi connectivity index (χ4n) is 1.79. The first-order valence-electron chi connectivity index (χ1n) is 6.18. The van der Waals surface area contributed by atoms with Crippen LogP contribution in [-0.4, -0.2) is 36.7 Å². The highest BCUT2D eigenvalue weighted by Gasteiger charge is 2.09. The second kappa shape index (κ2) is 6.05. The van der Waals surface area contributed by atoms with Crippen LogP contribution in [0.1, 0.15) is 16.2 Å². The van der Waals surface area contributed by atoms with E-state index in [4.69, 9.17) is 10.3 Å². The standard InChI is InChI=1S/C13H17N5O2/c1-18(2)11-4-3-9(7-10(11)14)13(19)15-6-5-12-16-8-17-20-12/h3-4,7-8H,5-6,14H2,1-2H3,(H,15,19). The summed E-state index contributed by atoms with van der Waals surface area (Å²) in [4.78, 5) is 17.7. The summed E-state index contributed by atoms with van der Waals surface area (Å²) < 4.78 is 4.84. The third kappa shape index (κ3) is 3.25. The van der Waals surface area contributed by atoms with Crippen molar-refractivity contribution in [1.29, 1.82) is 0 Å². The van der Waals surface area contributed by atoms with Gasteiger partial charge in [0.1, 0.15) is 0 Å². The first-order valence-corrected chi connectivity index (χ1v) is 6.18. The molecule has 0 unspecified atom stereocenters. The highest BCUT2D eigenvalue weighted by molar-refractivity contribution is 5.96. The maximum atomic E-state index is 12.0. The number of rotatable bonds is 5. The van der Waals surface area contributed by atoms with E-state index >= 15 is 0 Å². The van der Waals surface area contributed by atoms with E-state index in [1.807, 2.05) is 25.1 Å². The molecule has 2 rings (SSSR count). The summed E-state index contributed by atoms with van der Waals surface area (Å²) in [5.41, 5.74) is 7.89. The van der Waals surface area contributed by atoms with Crippen molar-refractivity contribution in [2.24, 2.45) is 0 Å². The van der Waals surface area contributed by atoms with Crippen molar-refractivity contribution in [2.75, 3.05) is 31.3 Å². The molecule has 0 aliphatic heterocycles. The lowest BCUT2D eigenvalue weighted by Gasteiger charge is -2.15. The Balaban J connectivity index is 1.94. The van der Waals surface area contributed by atoms with Crippen LogP contribution >= 0.6 is 0 Å². The van der Waals surface area contributed by atoms with Gasteiger partial charge in [-0.2, -0.15) is 4.98 Å². The second-order valence-electron chi connectivity index (χ2n) is 4.51. The van der Waals surface area contributed by atoms with E-state index in [2.05, 4.69) is 15.5 Å². The number of hydrogen-bond acceptors (Lipinski definition) is 6. The van der Waals surface area contributed by atoms with Crippen molar-refractivity contribution < 1.29 is 9.32 Å². The number of anilines is 2. The topological polar surface area (TPSA) is 97.3 Å². The van der Waals surface area contributed by atoms with Gasteiger partial charge in [-0.1, -0.05) is 5.16 Å². The first-order chi connectivity index (χ1) is 9.58. The van der Waals surface area contributed by atoms with Gasteiger partial charge in [-0.25, -0.2) is 0 Å². The number of nitrogens with one attached hydrogen (secondary N) is 1. The predicted octanol–water partition coefficient (Wildman–Crippen LogP) is 0.690. The van der Waals surface area contributed by atoms with Crippen LogP contribution in [0.3, 0.4) is 0 Å². The normalized spacial score (nSPS) is 10.3. The van der Waals surface area contributed by atoms with Crippen molar-refractivity contribution in [3.8, 4) is 0 Å². The number of carbonyl (C=O) groups excluding carboxylic acids is 1. The number of nitrogens with two attached hydrogens (primary N) is 1. The van der Waals surface area contributed by atoms with Gasteiger partial charge in [-0.3, -0.25) is 4.79 Å². The quantitative estimate of drug-likeness (QED) is 0.779. The number of aromatic nitrogens is 2. The molecule has 1 aromatic heterocycles. The third-order valence-corrected chi connectivity index (χ3v) is 2.80. The lowest BCUT2D eigenvalue weighted by molar-refractivity contribution is 0.0953. The Morgan fingerprint density at radius 1 is 1.45 bits per heavy atom. The van der Waals surface area contributed by atoms with Crippen molar-refractivity contribution in [3.05, 3.63) is 36.0 Å². The minimum Gasteiger partial charge on any atom is -0.397 e. The van der Waals surface area contributed by atoms with Gasteiger partial charge in [0.05, 0.1) is 11.4 Å². The van der Waals surface area contributed by atoms with E-state index in [9.17, 15) is 4.79 Å². The van der Waals surface area contributed by atoms with E-state index in [1.54, 1.807) is 12.1 Å². The van der Waals surface area contributed by atoms with E-state index in [0.29, 0.717) is 30.1 Å². The molecule has 0 fully saturated rings. The Labute approximate surface area is 116 Å². The average molecular weight is 275 g/mol. The Morgan fingerprint density at radius 2 is 2.25 bits per heavy atom. The molecule has 7 nitrogen and oxygen atoms in total. The summed E-state index contributed by atoms with van der Waals surface area (Å²) in [5.74, 6) is 0.314. The number of nitrogen functional groups attached to an aromatic ring is 1. The van der Waals surface area contributed by atoms with Gasteiger partial charge in [0.2, 0.25) is 5.89 Å². The summed E-state index contributed by atoms with van der Waals surface area (Å²) in [6.45, 7) is 0.427. The highest BCUT2D eigenvalue weighted by Crippen LogP contribution is 2.22. The molecule has 1 amide bonds. The Bertz CT molecular complexity index is 580. The second-order valence-corrected chi connectivity index (χ2v) is 4.51. The minimum absolute atomic E-state index is 0.179. The number of amides is 1. The lowest BCUT2D eigenvalue weighted by Crippen LogP contribution is -2.26. The van der Waals surface area contributed by atoms with E-state index in [1.165, 1.54) is 6.33 Å². The molecule has 0 aliphatic carbocycles. The minimum atomic E-state index is -0.179. The van der Waals surface area contributed by atoms with Gasteiger partial charge in [0, 0.05) is 32.6 Å². The van der Waals surface area contributed by atoms with Crippen LogP contribution in [0, 0.1) is 0 Å². The van der Waals surface area contributed by atoms with E-state index in [0.717, 1.165) is 5.69 Å². The number of nitrogens with zero attached hydrogens (tertiary/aromatic N) is 3. The molecular weight excluding hydrogens is 258 g/mol. The van der Waals surface area contributed by atoms with Gasteiger partial charge in [0.15, 0.2) is 6.33 Å². The van der Waals surface area contributed by atoms with Gasteiger partial charge in [-0.15, -0.1) is 0 Å². The lowest BCUT2D eigenvalue weighted by atomic mass is 10.1. The fourth-order valence-corrected chi connectivity index (χ4v) is 1.79. The van der Waals surface area contributed by atoms with Crippen molar-refractivity contribution in [3.63, 3.8) is 0 Å². The molecule has 7 heteroatoms. The smallest absolute Gasteiger partial charge is 0.251 e. The molecule has 0 aliphatic rings. The zero-order valence-electron chi connectivity index (χ0n) is 11.5. The van der Waals surface area contributed by atoms with Crippen LogP contribution in [0.25, 0.3) is 0 Å². The Hall–Kier alpha value is -2.57. The first kappa shape index (κ1) is 13.9. The average Bonchev–Trinajstić information content (AvgIpc) is 2.91. The summed E-state index contributed by atoms with van der Waals surface area (Å²) in [5, 5.41) is 6.27. The zero-order valence-corrected chi connectivity index (χ0v) is 11.5. The summed E-state index contributed by atoms with van der Waals surface area (Å²) >= 11 is 0. The Kier molecular flexibility index (Phi) is 4.19. The third-order valence-electron chi connectivity index (χ3n) is 2.80. The maximum Gasteiger partial charge on any atom is 0.251 e. The molecule has 20 heavy (non-hydrogen) atoms. The molecule has 1 heterocycles. The monoisotopic (exact) mass is 275 g/mol. The number of hydrogen-bond donors (Lipinski definition) is 2. The molecule has 0 bridgehead atoms. The van der Waals surface area contributed by atoms with Gasteiger partial charge in [-0.05, 0) is 18.2 Å². The SMILES string of the molecule is CN(C)c1ccc(C(=O)NCCc2ncno2)cc1N. The molecule has 1 aromatic carbocycles. The summed E-state index contributed by atoms with van der Waals surface area (Å²) in [6.07, 6.45) is 1.83. The fraction of sp³-hybridized carbons (Fsp3) is 0.308. The summed E-state index contributed by atoms with van der Waals surface area (Å²) in [6, 6.07) is 5.23. The van der Waals surface area contributed by atoms with Crippen molar-refractivity contribution in [2.45, 2.75) is 6.42 Å². The number of benzene rings is 1. The van der Waals surface area contributed by atoms with Gasteiger partial charge < -0.3 is 20.5 Å². The van der Waals surface area contributed by atoms with Crippen LogP contribution < -0.4 is 16.0 Å². The van der Waals surface area contributed by atoms with E-state index < -0.39 is 0 Å². The van der Waals surface area contributed by atoms with Gasteiger partial charge in [0.25, 0.3) is 5.91 Å². The molecule has 0 saturated carbocycles. The molecule has 106 valence electrons. The molecule has 0 saturated heterocycles. The predicted molar refractivity (Wildman–Crippen MR) is 75.5 cm³/mol. The molecule has 3 N–H and O–H groups in total. The van der Waals surface area contributed by atoms with Crippen molar-refractivity contribution in [1.82, 2.24) is 15.5 Å². The van der Waals surface area contributed by atoms with Crippen LogP contribution in [-0.2, 0) is 6.42 Å². The van der Waals surface area contributed by atoms with Gasteiger partial charge >= 0.3 is 0 Å². The van der Waals surface area contributed by atoms with Crippen LogP contribution in [0.5, 0.6) is 0 Å². The largest absolute Gasteiger partial charge is 0.397 e. The van der Waals surface area contributed by atoms with Crippen LogP contribution in [0.15, 0.2) is 29.0 Å². The van der Waals surface area contributed by atoms with E-state index in [-0.39, 0.29) is 5.91 Å². The molecule has 0 radical (unpaired) electrons. The summed E-state index contributed by atoms with van der Waals surface area (Å²) in [7, 11) is 3.80. The zero-order chi connectivity index (χ0) is 14.5. The van der Waals surface area contributed by atoms with Crippen molar-refractivity contribution >= 4 is 17.3 Å². The Morgan fingerprint density at radius 3 is 2.85 bits per heavy atom. The maximum absolute atomic E-state index is 12.0. The molecule has 0 atom stereocenters. The number of carbonyl (C=O) groups is 1. The van der Waals surface area contributed by atoms with Crippen LogP contribution in [0.4, 0.5) is 11.4 Å².